The summed E-state index contributed by atoms with van der Waals surface area (Å²) in [5.41, 5.74) is 1.42. The predicted molar refractivity (Wildman–Crippen MR) is 99.6 cm³/mol. The molecule has 140 valence electrons. The summed E-state index contributed by atoms with van der Waals surface area (Å²) < 4.78 is 17.5. The van der Waals surface area contributed by atoms with Gasteiger partial charge in [-0.2, -0.15) is 0 Å². The summed E-state index contributed by atoms with van der Waals surface area (Å²) in [5, 5.41) is 6.95. The van der Waals surface area contributed by atoms with Crippen LogP contribution in [0.25, 0.3) is 0 Å². The Bertz CT molecular complexity index is 899. The van der Waals surface area contributed by atoms with E-state index in [2.05, 4.69) is 15.4 Å². The van der Waals surface area contributed by atoms with Gasteiger partial charge < -0.3 is 14.2 Å². The standard InChI is InChI=1S/C19H20N4O4/c1-25-15-9-14(10-16(26-2)17(15)27-3)18(24)21-19-20-12-23(22-19)11-13-7-5-4-6-8-13/h4-10,12H,11H2,1-3H3,(H,21,22,24). The minimum Gasteiger partial charge on any atom is -0.493 e. The number of aromatic nitrogens is 3. The summed E-state index contributed by atoms with van der Waals surface area (Å²) in [6.07, 6.45) is 1.57. The van der Waals surface area contributed by atoms with Crippen molar-refractivity contribution in [3.63, 3.8) is 0 Å². The van der Waals surface area contributed by atoms with Gasteiger partial charge in [0, 0.05) is 5.56 Å². The highest BCUT2D eigenvalue weighted by molar-refractivity contribution is 6.04. The Morgan fingerprint density at radius 1 is 1.04 bits per heavy atom. The molecule has 0 fully saturated rings. The minimum absolute atomic E-state index is 0.213. The van der Waals surface area contributed by atoms with Gasteiger partial charge in [0.15, 0.2) is 11.5 Å². The van der Waals surface area contributed by atoms with Crippen LogP contribution in [0.5, 0.6) is 17.2 Å². The lowest BCUT2D eigenvalue weighted by molar-refractivity contribution is 0.102. The quantitative estimate of drug-likeness (QED) is 0.690. The maximum atomic E-state index is 12.6. The average molecular weight is 368 g/mol. The van der Waals surface area contributed by atoms with Crippen molar-refractivity contribution < 1.29 is 19.0 Å². The Hall–Kier alpha value is -3.55. The molecule has 1 aromatic heterocycles. The van der Waals surface area contributed by atoms with Gasteiger partial charge in [0.1, 0.15) is 6.33 Å². The molecule has 2 aromatic carbocycles. The number of methoxy groups -OCH3 is 3. The van der Waals surface area contributed by atoms with E-state index < -0.39 is 0 Å². The lowest BCUT2D eigenvalue weighted by atomic mass is 10.1. The molecule has 8 nitrogen and oxygen atoms in total. The number of carbonyl (C=O) groups is 1. The number of rotatable bonds is 7. The highest BCUT2D eigenvalue weighted by Crippen LogP contribution is 2.38. The van der Waals surface area contributed by atoms with E-state index in [1.807, 2.05) is 30.3 Å². The molecular weight excluding hydrogens is 348 g/mol. The van der Waals surface area contributed by atoms with E-state index >= 15 is 0 Å². The molecule has 0 aliphatic heterocycles. The first-order valence-corrected chi connectivity index (χ1v) is 8.19. The predicted octanol–water partition coefficient (Wildman–Crippen LogP) is 2.60. The second kappa shape index (κ2) is 8.22. The van der Waals surface area contributed by atoms with E-state index in [-0.39, 0.29) is 11.9 Å². The first-order valence-electron chi connectivity index (χ1n) is 8.19. The molecule has 1 amide bonds. The van der Waals surface area contributed by atoms with Crippen molar-refractivity contribution in [2.24, 2.45) is 0 Å². The molecular formula is C19H20N4O4. The summed E-state index contributed by atoms with van der Waals surface area (Å²) in [6.45, 7) is 0.563. The van der Waals surface area contributed by atoms with Gasteiger partial charge >= 0.3 is 0 Å². The van der Waals surface area contributed by atoms with E-state index in [1.165, 1.54) is 21.3 Å². The van der Waals surface area contributed by atoms with Crippen LogP contribution in [0.3, 0.4) is 0 Å². The SMILES string of the molecule is COc1cc(C(=O)Nc2ncn(Cc3ccccc3)n2)cc(OC)c1OC. The molecule has 0 saturated carbocycles. The Kier molecular flexibility index (Phi) is 5.55. The molecule has 27 heavy (non-hydrogen) atoms. The first kappa shape index (κ1) is 18.2. The Balaban J connectivity index is 1.76. The third-order valence-electron chi connectivity index (χ3n) is 3.88. The van der Waals surface area contributed by atoms with Crippen molar-refractivity contribution in [3.05, 3.63) is 59.9 Å². The van der Waals surface area contributed by atoms with E-state index in [1.54, 1.807) is 23.1 Å². The van der Waals surface area contributed by atoms with Crippen LogP contribution in [0.2, 0.25) is 0 Å². The van der Waals surface area contributed by atoms with Crippen molar-refractivity contribution >= 4 is 11.9 Å². The van der Waals surface area contributed by atoms with Gasteiger partial charge in [-0.1, -0.05) is 30.3 Å². The van der Waals surface area contributed by atoms with Crippen LogP contribution in [0, 0.1) is 0 Å². The number of nitrogens with one attached hydrogen (secondary N) is 1. The molecule has 8 heteroatoms. The molecule has 0 aliphatic carbocycles. The lowest BCUT2D eigenvalue weighted by Gasteiger charge is -2.13. The number of amides is 1. The third kappa shape index (κ3) is 4.17. The molecule has 0 atom stereocenters. The molecule has 0 radical (unpaired) electrons. The maximum absolute atomic E-state index is 12.6. The van der Waals surface area contributed by atoms with E-state index in [4.69, 9.17) is 14.2 Å². The van der Waals surface area contributed by atoms with Crippen LogP contribution < -0.4 is 19.5 Å². The van der Waals surface area contributed by atoms with Crippen molar-refractivity contribution in [2.75, 3.05) is 26.6 Å². The Morgan fingerprint density at radius 2 is 1.70 bits per heavy atom. The van der Waals surface area contributed by atoms with Crippen LogP contribution in [-0.4, -0.2) is 42.0 Å². The van der Waals surface area contributed by atoms with Crippen molar-refractivity contribution in [1.29, 1.82) is 0 Å². The minimum atomic E-state index is -0.383. The van der Waals surface area contributed by atoms with E-state index in [9.17, 15) is 4.79 Å². The highest BCUT2D eigenvalue weighted by Gasteiger charge is 2.18. The van der Waals surface area contributed by atoms with E-state index in [0.29, 0.717) is 29.4 Å². The Morgan fingerprint density at radius 3 is 2.30 bits per heavy atom. The Labute approximate surface area is 156 Å². The number of nitrogens with zero attached hydrogens (tertiary/aromatic N) is 3. The number of anilines is 1. The number of hydrogen-bond donors (Lipinski definition) is 1. The molecule has 1 N–H and O–H groups in total. The summed E-state index contributed by atoms with van der Waals surface area (Å²) in [4.78, 5) is 16.7. The highest BCUT2D eigenvalue weighted by atomic mass is 16.5. The summed E-state index contributed by atoms with van der Waals surface area (Å²) in [7, 11) is 4.49. The fraction of sp³-hybridized carbons (Fsp3) is 0.211. The van der Waals surface area contributed by atoms with Crippen LogP contribution in [0.15, 0.2) is 48.8 Å². The molecule has 3 rings (SSSR count). The van der Waals surface area contributed by atoms with Crippen molar-refractivity contribution in [2.45, 2.75) is 6.54 Å². The fourth-order valence-electron chi connectivity index (χ4n) is 2.58. The van der Waals surface area contributed by atoms with Gasteiger partial charge in [0.2, 0.25) is 11.7 Å². The monoisotopic (exact) mass is 368 g/mol. The van der Waals surface area contributed by atoms with Gasteiger partial charge in [-0.15, -0.1) is 5.10 Å². The molecule has 0 spiro atoms. The van der Waals surface area contributed by atoms with Gasteiger partial charge in [-0.05, 0) is 17.7 Å². The van der Waals surface area contributed by atoms with Gasteiger partial charge in [-0.3, -0.25) is 10.1 Å². The number of benzene rings is 2. The maximum Gasteiger partial charge on any atom is 0.258 e. The zero-order valence-electron chi connectivity index (χ0n) is 15.3. The molecule has 0 bridgehead atoms. The summed E-state index contributed by atoms with van der Waals surface area (Å²) >= 11 is 0. The zero-order valence-corrected chi connectivity index (χ0v) is 15.3. The smallest absolute Gasteiger partial charge is 0.258 e. The van der Waals surface area contributed by atoms with E-state index in [0.717, 1.165) is 5.56 Å². The van der Waals surface area contributed by atoms with Crippen molar-refractivity contribution in [3.8, 4) is 17.2 Å². The second-order valence-electron chi connectivity index (χ2n) is 5.62. The fourth-order valence-corrected chi connectivity index (χ4v) is 2.58. The average Bonchev–Trinajstić information content (AvgIpc) is 3.14. The summed E-state index contributed by atoms with van der Waals surface area (Å²) in [6, 6.07) is 13.0. The number of carbonyl (C=O) groups excluding carboxylic acids is 1. The third-order valence-corrected chi connectivity index (χ3v) is 3.88. The second-order valence-corrected chi connectivity index (χ2v) is 5.62. The molecule has 0 unspecified atom stereocenters. The molecule has 0 aliphatic rings. The normalized spacial score (nSPS) is 10.3. The summed E-state index contributed by atoms with van der Waals surface area (Å²) in [5.74, 6) is 1.03. The first-order chi connectivity index (χ1) is 13.1. The lowest BCUT2D eigenvalue weighted by Crippen LogP contribution is -2.14. The van der Waals surface area contributed by atoms with Crippen LogP contribution in [-0.2, 0) is 6.54 Å². The molecule has 1 heterocycles. The molecule has 0 saturated heterocycles. The number of ether oxygens (including phenoxy) is 3. The molecule has 3 aromatic rings. The van der Waals surface area contributed by atoms with Crippen molar-refractivity contribution in [1.82, 2.24) is 14.8 Å². The van der Waals surface area contributed by atoms with Gasteiger partial charge in [-0.25, -0.2) is 9.67 Å². The van der Waals surface area contributed by atoms with Crippen LogP contribution >= 0.6 is 0 Å². The largest absolute Gasteiger partial charge is 0.493 e. The van der Waals surface area contributed by atoms with Crippen LogP contribution in [0.1, 0.15) is 15.9 Å². The van der Waals surface area contributed by atoms with Crippen LogP contribution in [0.4, 0.5) is 5.95 Å². The zero-order chi connectivity index (χ0) is 19.2. The van der Waals surface area contributed by atoms with Gasteiger partial charge in [0.25, 0.3) is 5.91 Å². The van der Waals surface area contributed by atoms with Gasteiger partial charge in [0.05, 0.1) is 27.9 Å². The number of hydrogen-bond acceptors (Lipinski definition) is 6. The topological polar surface area (TPSA) is 87.5 Å².